The summed E-state index contributed by atoms with van der Waals surface area (Å²) >= 11 is 7.91. The van der Waals surface area contributed by atoms with Crippen molar-refractivity contribution in [2.24, 2.45) is 0 Å². The number of halogens is 1. The number of nitrogens with zero attached hydrogens (tertiary/aromatic N) is 1. The number of thiazole rings is 1. The van der Waals surface area contributed by atoms with Gasteiger partial charge >= 0.3 is 0 Å². The van der Waals surface area contributed by atoms with E-state index in [1.807, 2.05) is 6.92 Å². The molecule has 0 aliphatic carbocycles. The summed E-state index contributed by atoms with van der Waals surface area (Å²) in [5.74, 6) is 0. The molecule has 1 aromatic rings. The van der Waals surface area contributed by atoms with Crippen molar-refractivity contribution in [3.63, 3.8) is 0 Å². The molecule has 1 rings (SSSR count). The van der Waals surface area contributed by atoms with Crippen LogP contribution in [0, 0.1) is 6.92 Å². The van der Waals surface area contributed by atoms with Gasteiger partial charge in [-0.25, -0.2) is 4.98 Å². The summed E-state index contributed by atoms with van der Waals surface area (Å²) in [7, 11) is 0. The van der Waals surface area contributed by atoms with Gasteiger partial charge in [0, 0.05) is 5.41 Å². The van der Waals surface area contributed by atoms with Crippen LogP contribution < -0.4 is 0 Å². The van der Waals surface area contributed by atoms with Crippen LogP contribution in [-0.4, -0.2) is 4.98 Å². The molecule has 0 N–H and O–H groups in total. The van der Waals surface area contributed by atoms with Gasteiger partial charge in [0.15, 0.2) is 0 Å². The zero-order chi connectivity index (χ0) is 12.2. The second-order valence-corrected chi connectivity index (χ2v) is 6.57. The number of hydrogen-bond acceptors (Lipinski definition) is 2. The van der Waals surface area contributed by atoms with Crippen molar-refractivity contribution in [2.75, 3.05) is 0 Å². The predicted octanol–water partition coefficient (Wildman–Crippen LogP) is 5.35. The summed E-state index contributed by atoms with van der Waals surface area (Å²) in [5, 5.41) is 1.08. The van der Waals surface area contributed by atoms with Crippen LogP contribution in [0.2, 0.25) is 4.34 Å². The van der Waals surface area contributed by atoms with Gasteiger partial charge in [0.2, 0.25) is 0 Å². The summed E-state index contributed by atoms with van der Waals surface area (Å²) in [6.45, 7) is 8.82. The molecule has 0 bridgehead atoms. The van der Waals surface area contributed by atoms with Gasteiger partial charge in [0.1, 0.15) is 4.34 Å². The van der Waals surface area contributed by atoms with E-state index in [1.54, 1.807) is 11.3 Å². The number of rotatable bonds is 6. The van der Waals surface area contributed by atoms with Crippen LogP contribution in [0.3, 0.4) is 0 Å². The van der Waals surface area contributed by atoms with Gasteiger partial charge in [0.25, 0.3) is 0 Å². The average molecular weight is 260 g/mol. The van der Waals surface area contributed by atoms with Crippen molar-refractivity contribution in [3.05, 3.63) is 15.0 Å². The number of hydrogen-bond donors (Lipinski definition) is 0. The SMILES string of the molecule is CCCCC(C)(CCC)c1nc(C)sc1Cl. The molecule has 3 heteroatoms. The van der Waals surface area contributed by atoms with Gasteiger partial charge in [0.05, 0.1) is 10.7 Å². The van der Waals surface area contributed by atoms with E-state index < -0.39 is 0 Å². The minimum absolute atomic E-state index is 0.173. The fourth-order valence-corrected chi connectivity index (χ4v) is 3.65. The third-order valence-electron chi connectivity index (χ3n) is 3.15. The summed E-state index contributed by atoms with van der Waals surface area (Å²) in [5.41, 5.74) is 1.30. The number of aryl methyl sites for hydroxylation is 1. The van der Waals surface area contributed by atoms with Crippen LogP contribution in [0.4, 0.5) is 0 Å². The molecule has 1 unspecified atom stereocenters. The summed E-state index contributed by atoms with van der Waals surface area (Å²) in [6, 6.07) is 0. The van der Waals surface area contributed by atoms with Gasteiger partial charge in [-0.1, -0.05) is 51.6 Å². The topological polar surface area (TPSA) is 12.9 Å². The lowest BCUT2D eigenvalue weighted by Crippen LogP contribution is -2.22. The molecule has 0 saturated carbocycles. The zero-order valence-electron chi connectivity index (χ0n) is 10.8. The van der Waals surface area contributed by atoms with Crippen LogP contribution >= 0.6 is 22.9 Å². The van der Waals surface area contributed by atoms with E-state index in [2.05, 4.69) is 25.8 Å². The molecule has 0 spiro atoms. The van der Waals surface area contributed by atoms with Crippen LogP contribution in [-0.2, 0) is 5.41 Å². The van der Waals surface area contributed by atoms with E-state index in [9.17, 15) is 0 Å². The Labute approximate surface area is 108 Å². The maximum absolute atomic E-state index is 6.30. The van der Waals surface area contributed by atoms with Gasteiger partial charge < -0.3 is 0 Å². The Morgan fingerprint density at radius 2 is 1.94 bits per heavy atom. The van der Waals surface area contributed by atoms with E-state index in [0.29, 0.717) is 0 Å². The first-order valence-electron chi connectivity index (χ1n) is 6.17. The van der Waals surface area contributed by atoms with Crippen molar-refractivity contribution < 1.29 is 0 Å². The Morgan fingerprint density at radius 3 is 2.38 bits per heavy atom. The first-order chi connectivity index (χ1) is 7.53. The highest BCUT2D eigenvalue weighted by molar-refractivity contribution is 7.15. The lowest BCUT2D eigenvalue weighted by molar-refractivity contribution is 0.374. The van der Waals surface area contributed by atoms with Gasteiger partial charge in [-0.2, -0.15) is 0 Å². The summed E-state index contributed by atoms with van der Waals surface area (Å²) in [6.07, 6.45) is 6.05. The highest BCUT2D eigenvalue weighted by Gasteiger charge is 2.30. The Balaban J connectivity index is 2.95. The molecular formula is C13H22ClNS. The summed E-state index contributed by atoms with van der Waals surface area (Å²) in [4.78, 5) is 4.64. The van der Waals surface area contributed by atoms with Crippen molar-refractivity contribution in [1.82, 2.24) is 4.98 Å². The normalized spacial score (nSPS) is 15.1. The van der Waals surface area contributed by atoms with Gasteiger partial charge in [-0.05, 0) is 19.8 Å². The van der Waals surface area contributed by atoms with E-state index in [1.165, 1.54) is 32.1 Å². The zero-order valence-corrected chi connectivity index (χ0v) is 12.3. The maximum Gasteiger partial charge on any atom is 0.117 e. The Hall–Kier alpha value is -0.0800. The Morgan fingerprint density at radius 1 is 1.25 bits per heavy atom. The maximum atomic E-state index is 6.30. The number of unbranched alkanes of at least 4 members (excludes halogenated alkanes) is 1. The highest BCUT2D eigenvalue weighted by atomic mass is 35.5. The van der Waals surface area contributed by atoms with Gasteiger partial charge in [-0.3, -0.25) is 0 Å². The van der Waals surface area contributed by atoms with E-state index in [0.717, 1.165) is 15.0 Å². The molecule has 1 atom stereocenters. The van der Waals surface area contributed by atoms with Crippen molar-refractivity contribution in [1.29, 1.82) is 0 Å². The molecule has 16 heavy (non-hydrogen) atoms. The Bertz CT molecular complexity index is 335. The van der Waals surface area contributed by atoms with E-state index >= 15 is 0 Å². The van der Waals surface area contributed by atoms with Crippen LogP contribution in [0.5, 0.6) is 0 Å². The largest absolute Gasteiger partial charge is 0.244 e. The van der Waals surface area contributed by atoms with Gasteiger partial charge in [-0.15, -0.1) is 11.3 Å². The fourth-order valence-electron chi connectivity index (χ4n) is 2.25. The molecule has 92 valence electrons. The molecule has 0 amide bonds. The summed E-state index contributed by atoms with van der Waals surface area (Å²) < 4.78 is 0.893. The monoisotopic (exact) mass is 259 g/mol. The third-order valence-corrected chi connectivity index (χ3v) is 4.32. The molecule has 0 aromatic carbocycles. The molecule has 0 fully saturated rings. The minimum atomic E-state index is 0.173. The molecule has 0 saturated heterocycles. The molecule has 0 aliphatic heterocycles. The van der Waals surface area contributed by atoms with Crippen LogP contribution in [0.15, 0.2) is 0 Å². The standard InChI is InChI=1S/C13H22ClNS/c1-5-7-9-13(4,8-6-2)11-12(14)16-10(3)15-11/h5-9H2,1-4H3. The molecule has 1 nitrogen and oxygen atoms in total. The minimum Gasteiger partial charge on any atom is -0.244 e. The van der Waals surface area contributed by atoms with Crippen molar-refractivity contribution in [3.8, 4) is 0 Å². The molecule has 1 heterocycles. The molecule has 0 radical (unpaired) electrons. The Kier molecular flexibility index (Phi) is 5.26. The molecule has 0 aliphatic rings. The predicted molar refractivity (Wildman–Crippen MR) is 73.6 cm³/mol. The average Bonchev–Trinajstić information content (AvgIpc) is 2.56. The second kappa shape index (κ2) is 6.02. The van der Waals surface area contributed by atoms with Crippen molar-refractivity contribution >= 4 is 22.9 Å². The first kappa shape index (κ1) is 14.0. The van der Waals surface area contributed by atoms with Crippen LogP contribution in [0.1, 0.15) is 63.6 Å². The third kappa shape index (κ3) is 3.21. The second-order valence-electron chi connectivity index (χ2n) is 4.77. The quantitative estimate of drug-likeness (QED) is 0.671. The molecule has 1 aromatic heterocycles. The van der Waals surface area contributed by atoms with Crippen LogP contribution in [0.25, 0.3) is 0 Å². The molecular weight excluding hydrogens is 238 g/mol. The van der Waals surface area contributed by atoms with E-state index in [-0.39, 0.29) is 5.41 Å². The lowest BCUT2D eigenvalue weighted by atomic mass is 9.78. The lowest BCUT2D eigenvalue weighted by Gasteiger charge is -2.28. The highest BCUT2D eigenvalue weighted by Crippen LogP contribution is 2.40. The smallest absolute Gasteiger partial charge is 0.117 e. The fraction of sp³-hybridized carbons (Fsp3) is 0.769. The number of aromatic nitrogens is 1. The van der Waals surface area contributed by atoms with Crippen molar-refractivity contribution in [2.45, 2.75) is 65.2 Å². The van der Waals surface area contributed by atoms with E-state index in [4.69, 9.17) is 11.6 Å². The first-order valence-corrected chi connectivity index (χ1v) is 7.36.